The molecular formula is C22H41N7O5S. The lowest BCUT2D eigenvalue weighted by Gasteiger charge is -2.28. The third-order valence-electron chi connectivity index (χ3n) is 5.97. The van der Waals surface area contributed by atoms with Gasteiger partial charge in [0.05, 0.1) is 6.04 Å². The molecule has 0 bridgehead atoms. The zero-order valence-corrected chi connectivity index (χ0v) is 21.7. The van der Waals surface area contributed by atoms with Gasteiger partial charge in [-0.15, -0.1) is 0 Å². The second kappa shape index (κ2) is 16.2. The van der Waals surface area contributed by atoms with Crippen LogP contribution in [0.5, 0.6) is 0 Å². The van der Waals surface area contributed by atoms with E-state index >= 15 is 0 Å². The van der Waals surface area contributed by atoms with Crippen molar-refractivity contribution < 1.29 is 24.3 Å². The highest BCUT2D eigenvalue weighted by Crippen LogP contribution is 2.12. The molecule has 1 heterocycles. The van der Waals surface area contributed by atoms with E-state index in [0.29, 0.717) is 31.4 Å². The van der Waals surface area contributed by atoms with Crippen LogP contribution in [0, 0.1) is 5.92 Å². The summed E-state index contributed by atoms with van der Waals surface area (Å²) in [7, 11) is 0. The maximum Gasteiger partial charge on any atom is 0.326 e. The fourth-order valence-corrected chi connectivity index (χ4v) is 4.13. The number of carbonyl (C=O) groups excluding carboxylic acids is 3. The van der Waals surface area contributed by atoms with Crippen LogP contribution in [0.15, 0.2) is 4.99 Å². The minimum absolute atomic E-state index is 0.0904. The number of nitrogens with zero attached hydrogens (tertiary/aromatic N) is 1. The summed E-state index contributed by atoms with van der Waals surface area (Å²) in [5.74, 6) is -2.15. The predicted molar refractivity (Wildman–Crippen MR) is 137 cm³/mol. The van der Waals surface area contributed by atoms with Crippen molar-refractivity contribution >= 4 is 41.4 Å². The summed E-state index contributed by atoms with van der Waals surface area (Å²) in [5, 5.41) is 20.7. The van der Waals surface area contributed by atoms with Crippen LogP contribution >= 0.6 is 11.8 Å². The zero-order valence-electron chi connectivity index (χ0n) is 20.8. The third kappa shape index (κ3) is 11.2. The SMILES string of the molecule is CCC(C)C(NC(=O)C1CCCN1)C(=O)NC(CCSC)C(=O)NC(CCCN=C(N)N)C(=O)O. The molecule has 0 radical (unpaired) electrons. The molecule has 5 atom stereocenters. The molecule has 0 aliphatic carbocycles. The van der Waals surface area contributed by atoms with Crippen LogP contribution < -0.4 is 32.7 Å². The molecule has 1 rings (SSSR count). The Hall–Kier alpha value is -2.54. The van der Waals surface area contributed by atoms with Crippen LogP contribution in [-0.4, -0.2) is 84.0 Å². The van der Waals surface area contributed by atoms with Crippen molar-refractivity contribution in [2.75, 3.05) is 25.1 Å². The highest BCUT2D eigenvalue weighted by Gasteiger charge is 2.33. The van der Waals surface area contributed by atoms with Gasteiger partial charge in [0, 0.05) is 6.54 Å². The number of guanidine groups is 1. The van der Waals surface area contributed by atoms with Gasteiger partial charge in [-0.05, 0) is 56.6 Å². The molecule has 1 aliphatic rings. The van der Waals surface area contributed by atoms with E-state index in [-0.39, 0.29) is 36.8 Å². The Bertz CT molecular complexity index is 742. The summed E-state index contributed by atoms with van der Waals surface area (Å²) in [6, 6.07) is -3.24. The van der Waals surface area contributed by atoms with Crippen LogP contribution in [-0.2, 0) is 19.2 Å². The number of aliphatic carboxylic acids is 1. The Balaban J connectivity index is 2.87. The van der Waals surface area contributed by atoms with Crippen molar-refractivity contribution in [3.8, 4) is 0 Å². The molecule has 1 aliphatic heterocycles. The van der Waals surface area contributed by atoms with Gasteiger partial charge in [-0.25, -0.2) is 4.79 Å². The van der Waals surface area contributed by atoms with Crippen molar-refractivity contribution in [1.82, 2.24) is 21.3 Å². The van der Waals surface area contributed by atoms with E-state index in [1.54, 1.807) is 0 Å². The van der Waals surface area contributed by atoms with Gasteiger partial charge in [0.2, 0.25) is 17.7 Å². The predicted octanol–water partition coefficient (Wildman–Crippen LogP) is -0.870. The Labute approximate surface area is 211 Å². The van der Waals surface area contributed by atoms with Crippen LogP contribution in [0.2, 0.25) is 0 Å². The van der Waals surface area contributed by atoms with E-state index in [4.69, 9.17) is 11.5 Å². The van der Waals surface area contributed by atoms with Crippen LogP contribution in [0.1, 0.15) is 52.4 Å². The molecule has 1 fully saturated rings. The van der Waals surface area contributed by atoms with E-state index in [0.717, 1.165) is 13.0 Å². The summed E-state index contributed by atoms with van der Waals surface area (Å²) < 4.78 is 0. The molecule has 12 nitrogen and oxygen atoms in total. The Kier molecular flexibility index (Phi) is 14.1. The zero-order chi connectivity index (χ0) is 26.4. The van der Waals surface area contributed by atoms with E-state index < -0.39 is 35.9 Å². The monoisotopic (exact) mass is 515 g/mol. The van der Waals surface area contributed by atoms with E-state index in [1.165, 1.54) is 11.8 Å². The number of carbonyl (C=O) groups is 4. The van der Waals surface area contributed by atoms with Crippen molar-refractivity contribution in [1.29, 1.82) is 0 Å². The van der Waals surface area contributed by atoms with Crippen molar-refractivity contribution in [2.45, 2.75) is 76.5 Å². The lowest BCUT2D eigenvalue weighted by atomic mass is 9.97. The fraction of sp³-hybridized carbons (Fsp3) is 0.773. The first-order chi connectivity index (χ1) is 16.6. The number of nitrogens with one attached hydrogen (secondary N) is 4. The molecule has 0 aromatic carbocycles. The second-order valence-corrected chi connectivity index (χ2v) is 9.70. The van der Waals surface area contributed by atoms with Gasteiger partial charge < -0.3 is 37.8 Å². The van der Waals surface area contributed by atoms with Gasteiger partial charge in [0.1, 0.15) is 18.1 Å². The van der Waals surface area contributed by atoms with Gasteiger partial charge in [-0.1, -0.05) is 20.3 Å². The maximum atomic E-state index is 13.2. The summed E-state index contributed by atoms with van der Waals surface area (Å²) in [4.78, 5) is 54.3. The quantitative estimate of drug-likeness (QED) is 0.0775. The van der Waals surface area contributed by atoms with Crippen LogP contribution in [0.4, 0.5) is 0 Å². The number of hydrogen-bond acceptors (Lipinski definition) is 7. The first kappa shape index (κ1) is 30.5. The Morgan fingerprint density at radius 3 is 2.34 bits per heavy atom. The summed E-state index contributed by atoms with van der Waals surface area (Å²) in [6.45, 7) is 4.77. The Morgan fingerprint density at radius 1 is 1.11 bits per heavy atom. The number of thioether (sulfide) groups is 1. The van der Waals surface area contributed by atoms with E-state index in [2.05, 4.69) is 26.3 Å². The third-order valence-corrected chi connectivity index (χ3v) is 6.62. The molecule has 13 heteroatoms. The summed E-state index contributed by atoms with van der Waals surface area (Å²) in [5.41, 5.74) is 10.5. The van der Waals surface area contributed by atoms with Crippen molar-refractivity contribution in [3.63, 3.8) is 0 Å². The largest absolute Gasteiger partial charge is 0.480 e. The number of carboxylic acid groups (broad SMARTS) is 1. The maximum absolute atomic E-state index is 13.2. The molecule has 0 aromatic rings. The number of rotatable bonds is 16. The molecular weight excluding hydrogens is 474 g/mol. The number of aliphatic imine (C=N–C) groups is 1. The molecule has 5 unspecified atom stereocenters. The number of nitrogens with two attached hydrogens (primary N) is 2. The summed E-state index contributed by atoms with van der Waals surface area (Å²) >= 11 is 1.50. The molecule has 0 saturated carbocycles. The molecule has 35 heavy (non-hydrogen) atoms. The summed E-state index contributed by atoms with van der Waals surface area (Å²) in [6.07, 6.45) is 4.91. The number of amides is 3. The van der Waals surface area contributed by atoms with E-state index in [1.807, 2.05) is 20.1 Å². The smallest absolute Gasteiger partial charge is 0.326 e. The topological polar surface area (TPSA) is 201 Å². The van der Waals surface area contributed by atoms with Gasteiger partial charge in [-0.3, -0.25) is 19.4 Å². The normalized spacial score (nSPS) is 18.5. The minimum atomic E-state index is -1.19. The van der Waals surface area contributed by atoms with Gasteiger partial charge in [0.25, 0.3) is 0 Å². The van der Waals surface area contributed by atoms with Gasteiger partial charge >= 0.3 is 5.97 Å². The van der Waals surface area contributed by atoms with E-state index in [9.17, 15) is 24.3 Å². The fourth-order valence-electron chi connectivity index (χ4n) is 3.66. The minimum Gasteiger partial charge on any atom is -0.480 e. The molecule has 1 saturated heterocycles. The van der Waals surface area contributed by atoms with Crippen molar-refractivity contribution in [2.24, 2.45) is 22.4 Å². The average Bonchev–Trinajstić information content (AvgIpc) is 3.36. The Morgan fingerprint density at radius 2 is 1.80 bits per heavy atom. The van der Waals surface area contributed by atoms with Gasteiger partial charge in [0.15, 0.2) is 5.96 Å². The second-order valence-electron chi connectivity index (χ2n) is 8.71. The lowest BCUT2D eigenvalue weighted by molar-refractivity contribution is -0.142. The van der Waals surface area contributed by atoms with Crippen LogP contribution in [0.25, 0.3) is 0 Å². The first-order valence-electron chi connectivity index (χ1n) is 12.0. The number of hydrogen-bond donors (Lipinski definition) is 7. The molecule has 0 aromatic heterocycles. The molecule has 0 spiro atoms. The molecule has 3 amide bonds. The average molecular weight is 516 g/mol. The lowest BCUT2D eigenvalue weighted by Crippen LogP contribution is -2.58. The van der Waals surface area contributed by atoms with Crippen molar-refractivity contribution in [3.05, 3.63) is 0 Å². The van der Waals surface area contributed by atoms with Crippen LogP contribution in [0.3, 0.4) is 0 Å². The highest BCUT2D eigenvalue weighted by molar-refractivity contribution is 7.98. The standard InChI is InChI=1S/C22H41N7O5S/c1-4-13(2)17(29-18(30)14-7-5-10-25-14)20(32)27-15(9-12-35-3)19(31)28-16(21(33)34)8-6-11-26-22(23)24/h13-17,25H,4-12H2,1-3H3,(H,27,32)(H,28,31)(H,29,30)(H,33,34)(H4,23,24,26). The van der Waals surface area contributed by atoms with Gasteiger partial charge in [-0.2, -0.15) is 11.8 Å². The molecule has 9 N–H and O–H groups in total. The number of carboxylic acids is 1. The first-order valence-corrected chi connectivity index (χ1v) is 13.4. The molecule has 200 valence electrons. The highest BCUT2D eigenvalue weighted by atomic mass is 32.2.